The van der Waals surface area contributed by atoms with Gasteiger partial charge in [-0.3, -0.25) is 14.4 Å². The van der Waals surface area contributed by atoms with Gasteiger partial charge in [0.25, 0.3) is 5.91 Å². The van der Waals surface area contributed by atoms with Crippen molar-refractivity contribution in [3.63, 3.8) is 0 Å². The van der Waals surface area contributed by atoms with Crippen molar-refractivity contribution < 1.29 is 19.1 Å². The number of amides is 2. The zero-order valence-electron chi connectivity index (χ0n) is 11.2. The highest BCUT2D eigenvalue weighted by Gasteiger charge is 2.09. The molecule has 0 aliphatic carbocycles. The van der Waals surface area contributed by atoms with Crippen LogP contribution in [0.15, 0.2) is 18.2 Å². The summed E-state index contributed by atoms with van der Waals surface area (Å²) in [4.78, 5) is 33.4. The molecule has 0 saturated carbocycles. The quantitative estimate of drug-likeness (QED) is 0.780. The molecule has 2 amide bonds. The van der Waals surface area contributed by atoms with E-state index in [9.17, 15) is 14.4 Å². The summed E-state index contributed by atoms with van der Waals surface area (Å²) in [7, 11) is 0. The standard InChI is InChI=1S/C13H14Cl2N2O4/c1-8(18)16-5-4-13(20)21-7-12(19)17-9-2-3-10(14)11(15)6-9/h2-3,6H,4-5,7H2,1H3,(H,16,18)(H,17,19). The summed E-state index contributed by atoms with van der Waals surface area (Å²) < 4.78 is 4.75. The van der Waals surface area contributed by atoms with Gasteiger partial charge in [0, 0.05) is 19.2 Å². The number of carbonyl (C=O) groups is 3. The molecular formula is C13H14Cl2N2O4. The lowest BCUT2D eigenvalue weighted by Crippen LogP contribution is -2.25. The van der Waals surface area contributed by atoms with Crippen LogP contribution in [0.4, 0.5) is 5.69 Å². The van der Waals surface area contributed by atoms with Crippen LogP contribution in [-0.4, -0.2) is 30.9 Å². The first-order valence-electron chi connectivity index (χ1n) is 6.03. The van der Waals surface area contributed by atoms with E-state index in [0.717, 1.165) is 0 Å². The highest BCUT2D eigenvalue weighted by Crippen LogP contribution is 2.24. The fourth-order valence-electron chi connectivity index (χ4n) is 1.33. The van der Waals surface area contributed by atoms with Crippen LogP contribution in [0.25, 0.3) is 0 Å². The molecule has 2 N–H and O–H groups in total. The number of anilines is 1. The number of hydrogen-bond acceptors (Lipinski definition) is 4. The molecule has 0 unspecified atom stereocenters. The normalized spacial score (nSPS) is 9.86. The molecule has 21 heavy (non-hydrogen) atoms. The Balaban J connectivity index is 2.32. The van der Waals surface area contributed by atoms with E-state index in [1.54, 1.807) is 12.1 Å². The summed E-state index contributed by atoms with van der Waals surface area (Å²) in [6.45, 7) is 1.09. The molecule has 0 atom stereocenters. The van der Waals surface area contributed by atoms with Gasteiger partial charge in [0.05, 0.1) is 16.5 Å². The highest BCUT2D eigenvalue weighted by molar-refractivity contribution is 6.42. The van der Waals surface area contributed by atoms with Crippen molar-refractivity contribution in [3.8, 4) is 0 Å². The Bertz CT molecular complexity index is 549. The third kappa shape index (κ3) is 6.97. The molecule has 1 rings (SSSR count). The third-order valence-electron chi connectivity index (χ3n) is 2.27. The van der Waals surface area contributed by atoms with Gasteiger partial charge in [-0.1, -0.05) is 23.2 Å². The molecule has 0 bridgehead atoms. The van der Waals surface area contributed by atoms with Crippen molar-refractivity contribution in [2.24, 2.45) is 0 Å². The van der Waals surface area contributed by atoms with E-state index < -0.39 is 18.5 Å². The Morgan fingerprint density at radius 2 is 1.90 bits per heavy atom. The first-order chi connectivity index (χ1) is 9.88. The second-order valence-corrected chi connectivity index (χ2v) is 4.89. The van der Waals surface area contributed by atoms with Gasteiger partial charge in [-0.2, -0.15) is 0 Å². The van der Waals surface area contributed by atoms with Crippen LogP contribution in [0.2, 0.25) is 10.0 Å². The van der Waals surface area contributed by atoms with Crippen molar-refractivity contribution in [2.75, 3.05) is 18.5 Å². The van der Waals surface area contributed by atoms with E-state index >= 15 is 0 Å². The number of hydrogen-bond donors (Lipinski definition) is 2. The molecular weight excluding hydrogens is 319 g/mol. The second kappa shape index (κ2) is 8.49. The van der Waals surface area contributed by atoms with Crippen molar-refractivity contribution in [3.05, 3.63) is 28.2 Å². The van der Waals surface area contributed by atoms with Crippen LogP contribution in [0.3, 0.4) is 0 Å². The predicted molar refractivity (Wildman–Crippen MR) is 79.4 cm³/mol. The van der Waals surface area contributed by atoms with Crippen molar-refractivity contribution in [1.29, 1.82) is 0 Å². The molecule has 0 saturated heterocycles. The molecule has 0 spiro atoms. The SMILES string of the molecule is CC(=O)NCCC(=O)OCC(=O)Nc1ccc(Cl)c(Cl)c1. The molecule has 114 valence electrons. The maximum atomic E-state index is 11.6. The first-order valence-corrected chi connectivity index (χ1v) is 6.79. The van der Waals surface area contributed by atoms with E-state index in [1.165, 1.54) is 13.0 Å². The largest absolute Gasteiger partial charge is 0.456 e. The van der Waals surface area contributed by atoms with Crippen LogP contribution < -0.4 is 10.6 Å². The smallest absolute Gasteiger partial charge is 0.308 e. The molecule has 6 nitrogen and oxygen atoms in total. The molecule has 1 aromatic carbocycles. The van der Waals surface area contributed by atoms with E-state index in [-0.39, 0.29) is 18.9 Å². The Hall–Kier alpha value is -1.79. The van der Waals surface area contributed by atoms with Gasteiger partial charge < -0.3 is 15.4 Å². The van der Waals surface area contributed by atoms with Gasteiger partial charge in [0.1, 0.15) is 0 Å². The summed E-state index contributed by atoms with van der Waals surface area (Å²) in [5, 5.41) is 5.64. The summed E-state index contributed by atoms with van der Waals surface area (Å²) in [5.74, 6) is -1.31. The zero-order chi connectivity index (χ0) is 15.8. The Kier molecular flexibility index (Phi) is 6.98. The van der Waals surface area contributed by atoms with Crippen molar-refractivity contribution >= 4 is 46.7 Å². The lowest BCUT2D eigenvalue weighted by Gasteiger charge is -2.07. The Morgan fingerprint density at radius 3 is 2.52 bits per heavy atom. The summed E-state index contributed by atoms with van der Waals surface area (Å²) >= 11 is 11.6. The summed E-state index contributed by atoms with van der Waals surface area (Å²) in [6, 6.07) is 4.60. The lowest BCUT2D eigenvalue weighted by atomic mass is 10.3. The van der Waals surface area contributed by atoms with Gasteiger partial charge >= 0.3 is 5.97 Å². The van der Waals surface area contributed by atoms with Gasteiger partial charge in [0.2, 0.25) is 5.91 Å². The van der Waals surface area contributed by atoms with Crippen LogP contribution in [0.1, 0.15) is 13.3 Å². The maximum Gasteiger partial charge on any atom is 0.308 e. The zero-order valence-corrected chi connectivity index (χ0v) is 12.8. The number of ether oxygens (including phenoxy) is 1. The number of esters is 1. The van der Waals surface area contributed by atoms with Gasteiger partial charge in [-0.25, -0.2) is 0 Å². The predicted octanol–water partition coefficient (Wildman–Crippen LogP) is 2.00. The highest BCUT2D eigenvalue weighted by atomic mass is 35.5. The molecule has 8 heteroatoms. The van der Waals surface area contributed by atoms with Crippen LogP contribution >= 0.6 is 23.2 Å². The van der Waals surface area contributed by atoms with Gasteiger partial charge in [-0.15, -0.1) is 0 Å². The van der Waals surface area contributed by atoms with E-state index in [2.05, 4.69) is 10.6 Å². The minimum atomic E-state index is -0.576. The molecule has 1 aromatic rings. The number of halogens is 2. The molecule has 0 aliphatic rings. The monoisotopic (exact) mass is 332 g/mol. The number of benzene rings is 1. The van der Waals surface area contributed by atoms with Crippen LogP contribution in [-0.2, 0) is 19.1 Å². The maximum absolute atomic E-state index is 11.6. The fraction of sp³-hybridized carbons (Fsp3) is 0.308. The summed E-state index contributed by atoms with van der Waals surface area (Å²) in [6.07, 6.45) is -0.000364. The topological polar surface area (TPSA) is 84.5 Å². The van der Waals surface area contributed by atoms with Crippen molar-refractivity contribution in [2.45, 2.75) is 13.3 Å². The second-order valence-electron chi connectivity index (χ2n) is 4.07. The fourth-order valence-corrected chi connectivity index (χ4v) is 1.63. The van der Waals surface area contributed by atoms with E-state index in [1.807, 2.05) is 0 Å². The summed E-state index contributed by atoms with van der Waals surface area (Å²) in [5.41, 5.74) is 0.448. The molecule has 0 aliphatic heterocycles. The number of nitrogens with one attached hydrogen (secondary N) is 2. The minimum Gasteiger partial charge on any atom is -0.456 e. The lowest BCUT2D eigenvalue weighted by molar-refractivity contribution is -0.147. The van der Waals surface area contributed by atoms with E-state index in [4.69, 9.17) is 27.9 Å². The Morgan fingerprint density at radius 1 is 1.19 bits per heavy atom. The molecule has 0 radical (unpaired) electrons. The number of carbonyl (C=O) groups excluding carboxylic acids is 3. The third-order valence-corrected chi connectivity index (χ3v) is 3.01. The van der Waals surface area contributed by atoms with Gasteiger partial charge in [-0.05, 0) is 18.2 Å². The van der Waals surface area contributed by atoms with Crippen molar-refractivity contribution in [1.82, 2.24) is 5.32 Å². The number of rotatable bonds is 6. The molecule has 0 aromatic heterocycles. The van der Waals surface area contributed by atoms with Crippen LogP contribution in [0, 0.1) is 0 Å². The average molecular weight is 333 g/mol. The van der Waals surface area contributed by atoms with Crippen LogP contribution in [0.5, 0.6) is 0 Å². The first kappa shape index (κ1) is 17.3. The van der Waals surface area contributed by atoms with Gasteiger partial charge in [0.15, 0.2) is 6.61 Å². The molecule has 0 heterocycles. The van der Waals surface area contributed by atoms with E-state index in [0.29, 0.717) is 15.7 Å². The molecule has 0 fully saturated rings. The minimum absolute atomic E-state index is 0.000364. The average Bonchev–Trinajstić information content (AvgIpc) is 2.40. The Labute approximate surface area is 131 Å².